The van der Waals surface area contributed by atoms with Crippen LogP contribution in [0.4, 0.5) is 0 Å². The van der Waals surface area contributed by atoms with Gasteiger partial charge in [-0.15, -0.1) is 10.2 Å². The number of hydrogen-bond acceptors (Lipinski definition) is 5. The molecule has 0 bridgehead atoms. The second-order valence-electron chi connectivity index (χ2n) is 1.53. The summed E-state index contributed by atoms with van der Waals surface area (Å²) in [6.07, 6.45) is 2.70. The summed E-state index contributed by atoms with van der Waals surface area (Å²) in [5.74, 6) is 0.456. The molecule has 0 aliphatic heterocycles. The number of H-pyrrole nitrogens is 1. The molecule has 0 spiro atoms. The smallest absolute Gasteiger partial charge is 0.242 e. The van der Waals surface area contributed by atoms with Crippen LogP contribution in [0.3, 0.4) is 0 Å². The minimum Gasteiger partial charge on any atom is -0.242 e. The Morgan fingerprint density at radius 2 is 2.40 bits per heavy atom. The first-order chi connectivity index (χ1) is 4.97. The largest absolute Gasteiger partial charge is 0.266 e. The molecule has 2 rings (SSSR count). The lowest BCUT2D eigenvalue weighted by Gasteiger charge is -1.85. The highest BCUT2D eigenvalue weighted by Gasteiger charge is 1.97. The lowest BCUT2D eigenvalue weighted by atomic mass is 11.1. The second-order valence-corrected chi connectivity index (χ2v) is 1.53. The van der Waals surface area contributed by atoms with E-state index in [1.165, 1.54) is 17.5 Å². The third-order valence-electron chi connectivity index (χ3n) is 0.941. The first-order valence-corrected chi connectivity index (χ1v) is 2.55. The van der Waals surface area contributed by atoms with Crippen molar-refractivity contribution in [1.29, 1.82) is 0 Å². The highest BCUT2D eigenvalue weighted by molar-refractivity contribution is 4.97. The molecule has 0 aromatic carbocycles. The molecular formula is C3H3N7. The van der Waals surface area contributed by atoms with Crippen LogP contribution in [-0.4, -0.2) is 35.4 Å². The van der Waals surface area contributed by atoms with Crippen LogP contribution in [0.15, 0.2) is 12.7 Å². The normalized spacial score (nSPS) is 10.0. The number of hydrogen-bond donors (Lipinski definition) is 1. The highest BCUT2D eigenvalue weighted by atomic mass is 15.6. The summed E-state index contributed by atoms with van der Waals surface area (Å²) < 4.78 is 0. The zero-order chi connectivity index (χ0) is 6.81. The van der Waals surface area contributed by atoms with Gasteiger partial charge in [-0.1, -0.05) is 4.80 Å². The summed E-state index contributed by atoms with van der Waals surface area (Å²) >= 11 is 0. The molecule has 7 heteroatoms. The van der Waals surface area contributed by atoms with E-state index in [0.717, 1.165) is 0 Å². The average molecular weight is 137 g/mol. The zero-order valence-corrected chi connectivity index (χ0v) is 4.84. The Morgan fingerprint density at radius 1 is 1.40 bits per heavy atom. The van der Waals surface area contributed by atoms with Gasteiger partial charge >= 0.3 is 0 Å². The summed E-state index contributed by atoms with van der Waals surface area (Å²) in [4.78, 5) is 5.03. The van der Waals surface area contributed by atoms with Gasteiger partial charge in [0.15, 0.2) is 6.33 Å². The molecule has 1 N–H and O–H groups in total. The van der Waals surface area contributed by atoms with E-state index in [2.05, 4.69) is 30.6 Å². The fraction of sp³-hybridized carbons (Fsp3) is 0. The van der Waals surface area contributed by atoms with Crippen molar-refractivity contribution >= 4 is 0 Å². The van der Waals surface area contributed by atoms with Crippen molar-refractivity contribution in [2.75, 3.05) is 0 Å². The Kier molecular flexibility index (Phi) is 0.938. The Labute approximate surface area is 55.1 Å². The number of aromatic nitrogens is 7. The molecule has 0 saturated carbocycles. The van der Waals surface area contributed by atoms with Crippen LogP contribution in [0.2, 0.25) is 0 Å². The van der Waals surface area contributed by atoms with E-state index in [0.29, 0.717) is 5.95 Å². The summed E-state index contributed by atoms with van der Waals surface area (Å²) in [5, 5.41) is 17.0. The SMILES string of the molecule is c1n[nH]c(-n2ncnn2)n1. The third kappa shape index (κ3) is 0.642. The summed E-state index contributed by atoms with van der Waals surface area (Å²) in [5.41, 5.74) is 0. The van der Waals surface area contributed by atoms with E-state index in [9.17, 15) is 0 Å². The number of nitrogens with zero attached hydrogens (tertiary/aromatic N) is 6. The highest BCUT2D eigenvalue weighted by Crippen LogP contribution is 1.87. The Morgan fingerprint density at radius 3 is 3.00 bits per heavy atom. The monoisotopic (exact) mass is 137 g/mol. The van der Waals surface area contributed by atoms with Gasteiger partial charge in [0.2, 0.25) is 0 Å². The van der Waals surface area contributed by atoms with Gasteiger partial charge in [0, 0.05) is 0 Å². The molecule has 2 heterocycles. The molecule has 0 radical (unpaired) electrons. The van der Waals surface area contributed by atoms with Crippen molar-refractivity contribution in [2.45, 2.75) is 0 Å². The fourth-order valence-electron chi connectivity index (χ4n) is 0.560. The standard InChI is InChI=1S/C3H3N7/c1-4-3(8-5-1)10-7-2-6-9-10/h1-2H,(H,4,5,8). The maximum atomic E-state index is 3.79. The van der Waals surface area contributed by atoms with Crippen LogP contribution in [0, 0.1) is 0 Å². The third-order valence-corrected chi connectivity index (χ3v) is 0.941. The van der Waals surface area contributed by atoms with Crippen LogP contribution < -0.4 is 0 Å². The van der Waals surface area contributed by atoms with E-state index in [1.54, 1.807) is 0 Å². The number of nitrogens with one attached hydrogen (secondary N) is 1. The van der Waals surface area contributed by atoms with Gasteiger partial charge in [-0.05, 0) is 5.21 Å². The average Bonchev–Trinajstić information content (AvgIpc) is 2.59. The van der Waals surface area contributed by atoms with Crippen LogP contribution in [-0.2, 0) is 0 Å². The molecule has 7 nitrogen and oxygen atoms in total. The number of tetrazole rings is 1. The predicted molar refractivity (Wildman–Crippen MR) is 29.1 cm³/mol. The van der Waals surface area contributed by atoms with Crippen molar-refractivity contribution in [3.63, 3.8) is 0 Å². The molecule has 0 aliphatic rings. The van der Waals surface area contributed by atoms with E-state index in [-0.39, 0.29) is 0 Å². The molecule has 10 heavy (non-hydrogen) atoms. The quantitative estimate of drug-likeness (QED) is 0.532. The van der Waals surface area contributed by atoms with Gasteiger partial charge in [0.25, 0.3) is 5.95 Å². The van der Waals surface area contributed by atoms with Crippen LogP contribution in [0.5, 0.6) is 0 Å². The summed E-state index contributed by atoms with van der Waals surface area (Å²) in [6.45, 7) is 0. The first-order valence-electron chi connectivity index (χ1n) is 2.55. The lowest BCUT2D eigenvalue weighted by Crippen LogP contribution is -2.00. The van der Waals surface area contributed by atoms with Crippen molar-refractivity contribution < 1.29 is 0 Å². The Bertz CT molecular complexity index is 248. The van der Waals surface area contributed by atoms with Crippen LogP contribution in [0.25, 0.3) is 5.95 Å². The topological polar surface area (TPSA) is 85.2 Å². The minimum atomic E-state index is 0.456. The van der Waals surface area contributed by atoms with Crippen molar-refractivity contribution in [3.05, 3.63) is 12.7 Å². The molecule has 2 aromatic rings. The maximum absolute atomic E-state index is 3.79. The predicted octanol–water partition coefficient (Wildman–Crippen LogP) is -1.22. The molecule has 0 fully saturated rings. The van der Waals surface area contributed by atoms with Crippen LogP contribution >= 0.6 is 0 Å². The van der Waals surface area contributed by atoms with Gasteiger partial charge in [-0.3, -0.25) is 0 Å². The first kappa shape index (κ1) is 5.03. The van der Waals surface area contributed by atoms with Crippen molar-refractivity contribution in [3.8, 4) is 5.95 Å². The molecule has 0 amide bonds. The van der Waals surface area contributed by atoms with E-state index >= 15 is 0 Å². The zero-order valence-electron chi connectivity index (χ0n) is 4.84. The van der Waals surface area contributed by atoms with E-state index in [4.69, 9.17) is 0 Å². The van der Waals surface area contributed by atoms with E-state index in [1.807, 2.05) is 0 Å². The second kappa shape index (κ2) is 1.87. The lowest BCUT2D eigenvalue weighted by molar-refractivity contribution is 0.681. The molecule has 0 aliphatic carbocycles. The molecule has 0 atom stereocenters. The van der Waals surface area contributed by atoms with Crippen molar-refractivity contribution in [2.24, 2.45) is 0 Å². The molecular weight excluding hydrogens is 134 g/mol. The Balaban J connectivity index is 2.48. The number of aromatic amines is 1. The molecule has 2 aromatic heterocycles. The van der Waals surface area contributed by atoms with Gasteiger partial charge in [-0.2, -0.15) is 10.1 Å². The maximum Gasteiger partial charge on any atom is 0.266 e. The van der Waals surface area contributed by atoms with Gasteiger partial charge in [0.05, 0.1) is 0 Å². The van der Waals surface area contributed by atoms with Crippen LogP contribution in [0.1, 0.15) is 0 Å². The number of rotatable bonds is 1. The summed E-state index contributed by atoms with van der Waals surface area (Å²) in [6, 6.07) is 0. The van der Waals surface area contributed by atoms with Crippen molar-refractivity contribution in [1.82, 2.24) is 35.4 Å². The fourth-order valence-corrected chi connectivity index (χ4v) is 0.560. The molecule has 0 saturated heterocycles. The Hall–Kier alpha value is -1.79. The van der Waals surface area contributed by atoms with Gasteiger partial charge in [-0.25, -0.2) is 5.10 Å². The van der Waals surface area contributed by atoms with E-state index < -0.39 is 0 Å². The molecule has 0 unspecified atom stereocenters. The van der Waals surface area contributed by atoms with Gasteiger partial charge < -0.3 is 0 Å². The molecule has 50 valence electrons. The minimum absolute atomic E-state index is 0.456. The summed E-state index contributed by atoms with van der Waals surface area (Å²) in [7, 11) is 0. The van der Waals surface area contributed by atoms with Gasteiger partial charge in [0.1, 0.15) is 6.33 Å².